The third-order valence-electron chi connectivity index (χ3n) is 2.79. The predicted octanol–water partition coefficient (Wildman–Crippen LogP) is 1.27. The van der Waals surface area contributed by atoms with Crippen molar-refractivity contribution in [3.8, 4) is 0 Å². The molecule has 14 heavy (non-hydrogen) atoms. The predicted molar refractivity (Wildman–Crippen MR) is 59.3 cm³/mol. The van der Waals surface area contributed by atoms with Crippen LogP contribution in [0.15, 0.2) is 0 Å². The molecule has 1 rings (SSSR count). The second-order valence-electron chi connectivity index (χ2n) is 4.10. The van der Waals surface area contributed by atoms with Crippen LogP contribution in [0.2, 0.25) is 0 Å². The standard InChI is InChI=1S/C11H24N2O/c1-2-4-11-9-10(5-8-14-11)13-7-3-6-12/h10-11,13H,2-9,12H2,1H3. The topological polar surface area (TPSA) is 47.3 Å². The molecule has 3 heteroatoms. The molecule has 0 aromatic heterocycles. The van der Waals surface area contributed by atoms with Crippen LogP contribution in [0.5, 0.6) is 0 Å². The molecular formula is C11H24N2O. The van der Waals surface area contributed by atoms with Crippen molar-refractivity contribution in [3.63, 3.8) is 0 Å². The summed E-state index contributed by atoms with van der Waals surface area (Å²) in [5.41, 5.74) is 5.45. The third kappa shape index (κ3) is 4.40. The maximum atomic E-state index is 5.69. The third-order valence-corrected chi connectivity index (χ3v) is 2.79. The molecule has 84 valence electrons. The minimum absolute atomic E-state index is 0.490. The van der Waals surface area contributed by atoms with E-state index in [1.807, 2.05) is 0 Å². The molecule has 0 radical (unpaired) electrons. The van der Waals surface area contributed by atoms with Crippen LogP contribution in [0.4, 0.5) is 0 Å². The van der Waals surface area contributed by atoms with Gasteiger partial charge in [-0.1, -0.05) is 13.3 Å². The Morgan fingerprint density at radius 2 is 2.36 bits per heavy atom. The molecule has 0 aromatic carbocycles. The Hall–Kier alpha value is -0.120. The van der Waals surface area contributed by atoms with Crippen molar-refractivity contribution in [1.82, 2.24) is 5.32 Å². The highest BCUT2D eigenvalue weighted by atomic mass is 16.5. The van der Waals surface area contributed by atoms with E-state index in [2.05, 4.69) is 12.2 Å². The first-order valence-corrected chi connectivity index (χ1v) is 5.91. The van der Waals surface area contributed by atoms with E-state index in [0.29, 0.717) is 12.1 Å². The lowest BCUT2D eigenvalue weighted by Crippen LogP contribution is -2.39. The number of nitrogens with two attached hydrogens (primary N) is 1. The molecular weight excluding hydrogens is 176 g/mol. The van der Waals surface area contributed by atoms with Gasteiger partial charge in [-0.15, -0.1) is 0 Å². The van der Waals surface area contributed by atoms with Crippen molar-refractivity contribution in [1.29, 1.82) is 0 Å². The zero-order valence-corrected chi connectivity index (χ0v) is 9.30. The van der Waals surface area contributed by atoms with Gasteiger partial charge in [-0.3, -0.25) is 0 Å². The largest absolute Gasteiger partial charge is 0.378 e. The SMILES string of the molecule is CCCC1CC(NCCCN)CCO1. The van der Waals surface area contributed by atoms with Gasteiger partial charge in [0.2, 0.25) is 0 Å². The van der Waals surface area contributed by atoms with Crippen molar-refractivity contribution in [2.75, 3.05) is 19.7 Å². The van der Waals surface area contributed by atoms with Crippen molar-refractivity contribution in [2.45, 2.75) is 51.2 Å². The Morgan fingerprint density at radius 3 is 3.07 bits per heavy atom. The van der Waals surface area contributed by atoms with Gasteiger partial charge in [-0.05, 0) is 38.8 Å². The molecule has 1 aliphatic rings. The van der Waals surface area contributed by atoms with Gasteiger partial charge in [-0.2, -0.15) is 0 Å². The van der Waals surface area contributed by atoms with E-state index < -0.39 is 0 Å². The minimum Gasteiger partial charge on any atom is -0.378 e. The molecule has 0 saturated carbocycles. The van der Waals surface area contributed by atoms with Gasteiger partial charge in [0.15, 0.2) is 0 Å². The number of rotatable bonds is 6. The Morgan fingerprint density at radius 1 is 1.50 bits per heavy atom. The van der Waals surface area contributed by atoms with Crippen LogP contribution in [-0.2, 0) is 4.74 Å². The summed E-state index contributed by atoms with van der Waals surface area (Å²) in [7, 11) is 0. The first-order valence-electron chi connectivity index (χ1n) is 5.91. The summed E-state index contributed by atoms with van der Waals surface area (Å²) in [5.74, 6) is 0. The first kappa shape index (κ1) is 12.0. The zero-order chi connectivity index (χ0) is 10.2. The maximum Gasteiger partial charge on any atom is 0.0589 e. The second kappa shape index (κ2) is 7.21. The van der Waals surface area contributed by atoms with Crippen LogP contribution in [0.3, 0.4) is 0 Å². The molecule has 0 amide bonds. The summed E-state index contributed by atoms with van der Waals surface area (Å²) in [5, 5.41) is 3.55. The van der Waals surface area contributed by atoms with Crippen molar-refractivity contribution < 1.29 is 4.74 Å². The summed E-state index contributed by atoms with van der Waals surface area (Å²) in [6, 6.07) is 0.659. The molecule has 3 nitrogen and oxygen atoms in total. The van der Waals surface area contributed by atoms with Crippen molar-refractivity contribution in [3.05, 3.63) is 0 Å². The van der Waals surface area contributed by atoms with Gasteiger partial charge < -0.3 is 15.8 Å². The van der Waals surface area contributed by atoms with E-state index in [4.69, 9.17) is 10.5 Å². The van der Waals surface area contributed by atoms with E-state index >= 15 is 0 Å². The summed E-state index contributed by atoms with van der Waals surface area (Å²) >= 11 is 0. The number of hydrogen-bond acceptors (Lipinski definition) is 3. The molecule has 0 aliphatic carbocycles. The first-order chi connectivity index (χ1) is 6.86. The molecule has 1 heterocycles. The lowest BCUT2D eigenvalue weighted by atomic mass is 10.00. The van der Waals surface area contributed by atoms with Crippen LogP contribution in [0.25, 0.3) is 0 Å². The van der Waals surface area contributed by atoms with E-state index in [0.717, 1.165) is 32.5 Å². The van der Waals surface area contributed by atoms with Gasteiger partial charge >= 0.3 is 0 Å². The van der Waals surface area contributed by atoms with Gasteiger partial charge in [0.25, 0.3) is 0 Å². The molecule has 2 atom stereocenters. The fourth-order valence-corrected chi connectivity index (χ4v) is 2.00. The zero-order valence-electron chi connectivity index (χ0n) is 9.30. The summed E-state index contributed by atoms with van der Waals surface area (Å²) in [6.07, 6.45) is 6.33. The van der Waals surface area contributed by atoms with E-state index in [9.17, 15) is 0 Å². The average molecular weight is 200 g/mol. The molecule has 0 aromatic rings. The normalized spacial score (nSPS) is 27.9. The van der Waals surface area contributed by atoms with Crippen LogP contribution in [0.1, 0.15) is 39.0 Å². The Balaban J connectivity index is 2.12. The highest BCUT2D eigenvalue weighted by molar-refractivity contribution is 4.76. The fourth-order valence-electron chi connectivity index (χ4n) is 2.00. The van der Waals surface area contributed by atoms with Crippen LogP contribution < -0.4 is 11.1 Å². The number of hydrogen-bond donors (Lipinski definition) is 2. The maximum absolute atomic E-state index is 5.69. The van der Waals surface area contributed by atoms with Crippen LogP contribution >= 0.6 is 0 Å². The van der Waals surface area contributed by atoms with Gasteiger partial charge in [0, 0.05) is 12.6 Å². The van der Waals surface area contributed by atoms with E-state index in [1.165, 1.54) is 19.3 Å². The minimum atomic E-state index is 0.490. The van der Waals surface area contributed by atoms with Crippen LogP contribution in [0, 0.1) is 0 Å². The van der Waals surface area contributed by atoms with Gasteiger partial charge in [-0.25, -0.2) is 0 Å². The molecule has 0 bridgehead atoms. The monoisotopic (exact) mass is 200 g/mol. The van der Waals surface area contributed by atoms with Crippen molar-refractivity contribution >= 4 is 0 Å². The highest BCUT2D eigenvalue weighted by Crippen LogP contribution is 2.17. The Bertz CT molecular complexity index is 139. The van der Waals surface area contributed by atoms with Gasteiger partial charge in [0.05, 0.1) is 6.10 Å². The molecule has 1 aliphatic heterocycles. The van der Waals surface area contributed by atoms with Crippen molar-refractivity contribution in [2.24, 2.45) is 5.73 Å². The molecule has 2 unspecified atom stereocenters. The molecule has 1 fully saturated rings. The molecule has 1 saturated heterocycles. The lowest BCUT2D eigenvalue weighted by molar-refractivity contribution is -0.00306. The quantitative estimate of drug-likeness (QED) is 0.635. The molecule has 0 spiro atoms. The van der Waals surface area contributed by atoms with Gasteiger partial charge in [0.1, 0.15) is 0 Å². The Labute approximate surface area is 87.4 Å². The summed E-state index contributed by atoms with van der Waals surface area (Å²) < 4.78 is 5.69. The summed E-state index contributed by atoms with van der Waals surface area (Å²) in [6.45, 7) is 4.98. The molecule has 3 N–H and O–H groups in total. The number of nitrogens with one attached hydrogen (secondary N) is 1. The van der Waals surface area contributed by atoms with Crippen LogP contribution in [-0.4, -0.2) is 31.8 Å². The highest BCUT2D eigenvalue weighted by Gasteiger charge is 2.20. The second-order valence-corrected chi connectivity index (χ2v) is 4.10. The average Bonchev–Trinajstić information content (AvgIpc) is 2.19. The smallest absolute Gasteiger partial charge is 0.0589 e. The number of ether oxygens (including phenoxy) is 1. The lowest BCUT2D eigenvalue weighted by Gasteiger charge is -2.30. The van der Waals surface area contributed by atoms with E-state index in [1.54, 1.807) is 0 Å². The fraction of sp³-hybridized carbons (Fsp3) is 1.00. The summed E-state index contributed by atoms with van der Waals surface area (Å²) in [4.78, 5) is 0. The van der Waals surface area contributed by atoms with E-state index in [-0.39, 0.29) is 0 Å². The Kier molecular flexibility index (Phi) is 6.15.